The quantitative estimate of drug-likeness (QED) is 0.614. The maximum Gasteiger partial charge on any atom is 0.433 e. The minimum atomic E-state index is -4.50. The molecule has 8 nitrogen and oxygen atoms in total. The molecule has 0 aromatic carbocycles. The molecule has 0 radical (unpaired) electrons. The number of ether oxygens (including phenoxy) is 1. The molecule has 1 unspecified atom stereocenters. The summed E-state index contributed by atoms with van der Waals surface area (Å²) in [5, 5.41) is 8.63. The average molecular weight is 448 g/mol. The molecular formula is C21H23F3N6O2. The number of carbonyl (C=O) groups is 1. The summed E-state index contributed by atoms with van der Waals surface area (Å²) in [5.74, 6) is 0.211. The Bertz CT molecular complexity index is 1200. The van der Waals surface area contributed by atoms with E-state index in [-0.39, 0.29) is 17.6 Å². The topological polar surface area (TPSA) is 78.1 Å². The lowest BCUT2D eigenvalue weighted by molar-refractivity contribution is -0.143. The summed E-state index contributed by atoms with van der Waals surface area (Å²) < 4.78 is 47.4. The van der Waals surface area contributed by atoms with Crippen LogP contribution in [0.3, 0.4) is 0 Å². The number of hydrogen-bond donors (Lipinski definition) is 0. The van der Waals surface area contributed by atoms with Crippen LogP contribution in [-0.2, 0) is 26.7 Å². The third kappa shape index (κ3) is 3.41. The van der Waals surface area contributed by atoms with Crippen molar-refractivity contribution in [1.29, 1.82) is 0 Å². The van der Waals surface area contributed by atoms with Gasteiger partial charge in [0, 0.05) is 43.5 Å². The van der Waals surface area contributed by atoms with Gasteiger partial charge in [0.05, 0.1) is 24.5 Å². The second kappa shape index (κ2) is 7.64. The molecular weight excluding hydrogens is 425 g/mol. The van der Waals surface area contributed by atoms with E-state index in [2.05, 4.69) is 15.2 Å². The first-order chi connectivity index (χ1) is 15.0. The van der Waals surface area contributed by atoms with E-state index in [1.54, 1.807) is 29.6 Å². The number of rotatable bonds is 3. The van der Waals surface area contributed by atoms with Gasteiger partial charge in [-0.3, -0.25) is 14.2 Å². The van der Waals surface area contributed by atoms with Crippen LogP contribution in [0, 0.1) is 6.92 Å². The molecule has 11 heteroatoms. The molecule has 3 aromatic rings. The van der Waals surface area contributed by atoms with Crippen LogP contribution in [0.2, 0.25) is 0 Å². The third-order valence-corrected chi connectivity index (χ3v) is 5.90. The number of aromatic nitrogens is 5. The maximum absolute atomic E-state index is 13.3. The van der Waals surface area contributed by atoms with Crippen molar-refractivity contribution in [2.45, 2.75) is 32.5 Å². The Morgan fingerprint density at radius 2 is 1.94 bits per heavy atom. The zero-order valence-corrected chi connectivity index (χ0v) is 18.4. The summed E-state index contributed by atoms with van der Waals surface area (Å²) in [6.45, 7) is 4.03. The van der Waals surface area contributed by atoms with Gasteiger partial charge in [0.25, 0.3) is 5.91 Å². The Balaban J connectivity index is 1.70. The summed E-state index contributed by atoms with van der Waals surface area (Å²) in [6, 6.07) is 2.32. The van der Waals surface area contributed by atoms with Crippen molar-refractivity contribution in [2.24, 2.45) is 14.1 Å². The molecule has 3 aromatic heterocycles. The van der Waals surface area contributed by atoms with Crippen molar-refractivity contribution in [1.82, 2.24) is 29.4 Å². The van der Waals surface area contributed by atoms with Gasteiger partial charge in [0.1, 0.15) is 11.4 Å². The minimum absolute atomic E-state index is 0.175. The molecule has 170 valence electrons. The molecule has 0 aliphatic carbocycles. The highest BCUT2D eigenvalue weighted by Gasteiger charge is 2.38. The predicted molar refractivity (Wildman–Crippen MR) is 109 cm³/mol. The number of hydrogen-bond acceptors (Lipinski definition) is 5. The first kappa shape index (κ1) is 21.8. The Morgan fingerprint density at radius 1 is 1.22 bits per heavy atom. The van der Waals surface area contributed by atoms with E-state index in [9.17, 15) is 18.0 Å². The highest BCUT2D eigenvalue weighted by Crippen LogP contribution is 2.38. The van der Waals surface area contributed by atoms with Crippen molar-refractivity contribution in [3.8, 4) is 17.3 Å². The normalized spacial score (nSPS) is 16.2. The summed E-state index contributed by atoms with van der Waals surface area (Å²) in [7, 11) is 4.44. The van der Waals surface area contributed by atoms with Crippen molar-refractivity contribution in [3.63, 3.8) is 0 Å². The standard InChI is InChI=1S/C21H23F3N6O2/c1-11-13(6-8-25-19(11)32-5)20(31)30-9-7-14-17(12(30)2)27-29(4)18(14)15-10-16(21(22,23)24)28(3)26-15/h6,8,10,12H,7,9H2,1-5H3. The van der Waals surface area contributed by atoms with E-state index in [0.29, 0.717) is 41.4 Å². The van der Waals surface area contributed by atoms with E-state index < -0.39 is 11.9 Å². The number of fused-ring (bicyclic) bond motifs is 1. The lowest BCUT2D eigenvalue weighted by atomic mass is 9.96. The van der Waals surface area contributed by atoms with Gasteiger partial charge in [-0.1, -0.05) is 0 Å². The summed E-state index contributed by atoms with van der Waals surface area (Å²) in [6.07, 6.45) is -2.52. The molecule has 1 atom stereocenters. The van der Waals surface area contributed by atoms with Gasteiger partial charge in [-0.25, -0.2) is 4.98 Å². The van der Waals surface area contributed by atoms with Crippen LogP contribution in [0.4, 0.5) is 13.2 Å². The maximum atomic E-state index is 13.3. The number of nitrogens with zero attached hydrogens (tertiary/aromatic N) is 6. The first-order valence-electron chi connectivity index (χ1n) is 10.0. The zero-order chi connectivity index (χ0) is 23.4. The number of amides is 1. The average Bonchev–Trinajstić information content (AvgIpc) is 3.27. The second-order valence-electron chi connectivity index (χ2n) is 7.79. The highest BCUT2D eigenvalue weighted by atomic mass is 19.4. The molecule has 1 aliphatic rings. The number of aryl methyl sites for hydroxylation is 2. The number of alkyl halides is 3. The van der Waals surface area contributed by atoms with E-state index in [1.807, 2.05) is 6.92 Å². The molecule has 1 aliphatic heterocycles. The smallest absolute Gasteiger partial charge is 0.433 e. The van der Waals surface area contributed by atoms with Crippen LogP contribution in [0.15, 0.2) is 18.3 Å². The van der Waals surface area contributed by atoms with Crippen molar-refractivity contribution < 1.29 is 22.7 Å². The number of methoxy groups -OCH3 is 1. The Hall–Kier alpha value is -3.37. The van der Waals surface area contributed by atoms with Crippen LogP contribution in [0.25, 0.3) is 11.4 Å². The lowest BCUT2D eigenvalue weighted by Gasteiger charge is -2.33. The molecule has 1 amide bonds. The van der Waals surface area contributed by atoms with Crippen LogP contribution < -0.4 is 4.74 Å². The van der Waals surface area contributed by atoms with Gasteiger partial charge in [-0.2, -0.15) is 23.4 Å². The molecule has 32 heavy (non-hydrogen) atoms. The van der Waals surface area contributed by atoms with Crippen molar-refractivity contribution >= 4 is 5.91 Å². The fourth-order valence-corrected chi connectivity index (χ4v) is 4.30. The van der Waals surface area contributed by atoms with Gasteiger partial charge >= 0.3 is 6.18 Å². The lowest BCUT2D eigenvalue weighted by Crippen LogP contribution is -2.39. The molecule has 4 rings (SSSR count). The van der Waals surface area contributed by atoms with E-state index in [0.717, 1.165) is 16.3 Å². The van der Waals surface area contributed by atoms with Gasteiger partial charge in [0.15, 0.2) is 0 Å². The number of carbonyl (C=O) groups excluding carboxylic acids is 1. The molecule has 0 bridgehead atoms. The van der Waals surface area contributed by atoms with Crippen LogP contribution in [-0.4, -0.2) is 49.0 Å². The van der Waals surface area contributed by atoms with Crippen molar-refractivity contribution in [3.05, 3.63) is 46.4 Å². The number of halogens is 3. The number of pyridine rings is 1. The van der Waals surface area contributed by atoms with Gasteiger partial charge < -0.3 is 9.64 Å². The Kier molecular flexibility index (Phi) is 5.22. The zero-order valence-electron chi connectivity index (χ0n) is 18.4. The van der Waals surface area contributed by atoms with Crippen LogP contribution in [0.1, 0.15) is 45.8 Å². The van der Waals surface area contributed by atoms with Crippen LogP contribution in [0.5, 0.6) is 5.88 Å². The summed E-state index contributed by atoms with van der Waals surface area (Å²) >= 11 is 0. The third-order valence-electron chi connectivity index (χ3n) is 5.90. The monoisotopic (exact) mass is 448 g/mol. The van der Waals surface area contributed by atoms with Gasteiger partial charge in [0.2, 0.25) is 5.88 Å². The molecule has 0 fully saturated rings. The Morgan fingerprint density at radius 3 is 2.56 bits per heavy atom. The van der Waals surface area contributed by atoms with Crippen molar-refractivity contribution in [2.75, 3.05) is 13.7 Å². The van der Waals surface area contributed by atoms with E-state index >= 15 is 0 Å². The van der Waals surface area contributed by atoms with Gasteiger partial charge in [-0.15, -0.1) is 0 Å². The van der Waals surface area contributed by atoms with E-state index in [4.69, 9.17) is 4.74 Å². The Labute approximate surface area is 182 Å². The summed E-state index contributed by atoms with van der Waals surface area (Å²) in [4.78, 5) is 19.1. The first-order valence-corrected chi connectivity index (χ1v) is 10.0. The molecule has 0 spiro atoms. The minimum Gasteiger partial charge on any atom is -0.481 e. The molecule has 0 saturated carbocycles. The molecule has 0 saturated heterocycles. The largest absolute Gasteiger partial charge is 0.481 e. The van der Waals surface area contributed by atoms with Gasteiger partial charge in [-0.05, 0) is 32.4 Å². The fraction of sp³-hybridized carbons (Fsp3) is 0.429. The summed E-state index contributed by atoms with van der Waals surface area (Å²) in [5.41, 5.74) is 2.51. The molecule has 0 N–H and O–H groups in total. The van der Waals surface area contributed by atoms with E-state index in [1.165, 1.54) is 20.4 Å². The molecule has 4 heterocycles. The predicted octanol–water partition coefficient (Wildman–Crippen LogP) is 3.31. The fourth-order valence-electron chi connectivity index (χ4n) is 4.30. The van der Waals surface area contributed by atoms with Crippen LogP contribution >= 0.6 is 0 Å². The second-order valence-corrected chi connectivity index (χ2v) is 7.79. The highest BCUT2D eigenvalue weighted by molar-refractivity contribution is 5.96. The SMILES string of the molecule is COc1nccc(C(=O)N2CCc3c(nn(C)c3-c3cc(C(F)(F)F)n(C)n3)C2C)c1C.